The molecule has 5 nitrogen and oxygen atoms in total. The van der Waals surface area contributed by atoms with Crippen LogP contribution >= 0.6 is 0 Å². The van der Waals surface area contributed by atoms with Gasteiger partial charge in [-0.3, -0.25) is 4.79 Å². The highest BCUT2D eigenvalue weighted by atomic mass is 16.5. The third-order valence-corrected chi connectivity index (χ3v) is 2.32. The molecule has 1 rings (SSSR count). The van der Waals surface area contributed by atoms with Gasteiger partial charge in [0.15, 0.2) is 0 Å². The Morgan fingerprint density at radius 3 is 2.93 bits per heavy atom. The van der Waals surface area contributed by atoms with Gasteiger partial charge in [0.1, 0.15) is 0 Å². The maximum atomic E-state index is 10.7. The number of nitrogens with one attached hydrogen (secondary N) is 1. The molecule has 3 N–H and O–H groups in total. The molecule has 2 atom stereocenters. The van der Waals surface area contributed by atoms with E-state index in [9.17, 15) is 4.79 Å². The third-order valence-electron chi connectivity index (χ3n) is 2.32. The van der Waals surface area contributed by atoms with Crippen molar-refractivity contribution >= 4 is 5.97 Å². The second-order valence-corrected chi connectivity index (χ2v) is 3.50. The molecular formula is C9H17NO4. The first kappa shape index (κ1) is 11.4. The fourth-order valence-corrected chi connectivity index (χ4v) is 1.53. The van der Waals surface area contributed by atoms with E-state index in [-0.39, 0.29) is 18.6 Å². The Labute approximate surface area is 83.1 Å². The fraction of sp³-hybridized carbons (Fsp3) is 0.889. The summed E-state index contributed by atoms with van der Waals surface area (Å²) in [6.07, 6.45) is 1.14. The van der Waals surface area contributed by atoms with Crippen LogP contribution in [0.4, 0.5) is 0 Å². The fourth-order valence-electron chi connectivity index (χ4n) is 1.53. The van der Waals surface area contributed by atoms with Gasteiger partial charge >= 0.3 is 5.97 Å². The molecule has 82 valence electrons. The van der Waals surface area contributed by atoms with Crippen molar-refractivity contribution in [3.63, 3.8) is 0 Å². The monoisotopic (exact) mass is 203 g/mol. The van der Waals surface area contributed by atoms with Crippen LogP contribution in [0, 0.1) is 5.92 Å². The Kier molecular flexibility index (Phi) is 4.86. The van der Waals surface area contributed by atoms with Crippen LogP contribution in [0.2, 0.25) is 0 Å². The van der Waals surface area contributed by atoms with Gasteiger partial charge in [-0.1, -0.05) is 0 Å². The first-order chi connectivity index (χ1) is 6.74. The number of hydrogen-bond acceptors (Lipinski definition) is 4. The molecule has 1 heterocycles. The second-order valence-electron chi connectivity index (χ2n) is 3.50. The summed E-state index contributed by atoms with van der Waals surface area (Å²) in [5, 5.41) is 20.4. The van der Waals surface area contributed by atoms with Crippen LogP contribution in [0.1, 0.15) is 12.8 Å². The molecular weight excluding hydrogens is 186 g/mol. The normalized spacial score (nSPS) is 27.5. The molecule has 5 heteroatoms. The average Bonchev–Trinajstić information content (AvgIpc) is 2.19. The van der Waals surface area contributed by atoms with Gasteiger partial charge < -0.3 is 20.3 Å². The summed E-state index contributed by atoms with van der Waals surface area (Å²) in [4.78, 5) is 10.7. The van der Waals surface area contributed by atoms with Crippen LogP contribution in [0.15, 0.2) is 0 Å². The van der Waals surface area contributed by atoms with Crippen LogP contribution in [0.3, 0.4) is 0 Å². The first-order valence-electron chi connectivity index (χ1n) is 4.90. The van der Waals surface area contributed by atoms with E-state index in [1.165, 1.54) is 0 Å². The van der Waals surface area contributed by atoms with Gasteiger partial charge in [0.2, 0.25) is 0 Å². The molecule has 14 heavy (non-hydrogen) atoms. The Hall–Kier alpha value is -0.650. The van der Waals surface area contributed by atoms with Crippen molar-refractivity contribution in [2.45, 2.75) is 18.9 Å². The largest absolute Gasteiger partial charge is 0.481 e. The Balaban J connectivity index is 2.22. The molecule has 0 aromatic rings. The van der Waals surface area contributed by atoms with Crippen LogP contribution in [0.5, 0.6) is 0 Å². The van der Waals surface area contributed by atoms with E-state index in [1.807, 2.05) is 0 Å². The van der Waals surface area contributed by atoms with Gasteiger partial charge in [-0.2, -0.15) is 0 Å². The molecule has 0 bridgehead atoms. The molecule has 0 aliphatic carbocycles. The predicted octanol–water partition coefficient (Wildman–Crippen LogP) is -0.552. The summed E-state index contributed by atoms with van der Waals surface area (Å²) in [5.41, 5.74) is 0. The highest BCUT2D eigenvalue weighted by Crippen LogP contribution is 2.13. The van der Waals surface area contributed by atoms with Crippen molar-refractivity contribution < 1.29 is 19.7 Å². The number of rotatable bonds is 5. The minimum absolute atomic E-state index is 0.0311. The zero-order valence-electron chi connectivity index (χ0n) is 8.11. The molecule has 2 unspecified atom stereocenters. The molecule has 0 amide bonds. The summed E-state index contributed by atoms with van der Waals surface area (Å²) >= 11 is 0. The van der Waals surface area contributed by atoms with E-state index < -0.39 is 5.97 Å². The zero-order chi connectivity index (χ0) is 10.4. The maximum absolute atomic E-state index is 10.7. The standard InChI is InChI=1S/C9H17NO4/c11-2-1-3-14-8-4-7(9(12)13)5-10-6-8/h7-8,10-11H,1-6H2,(H,12,13). The number of aliphatic hydroxyl groups is 1. The smallest absolute Gasteiger partial charge is 0.307 e. The lowest BCUT2D eigenvalue weighted by atomic mass is 9.98. The Morgan fingerprint density at radius 1 is 1.50 bits per heavy atom. The van der Waals surface area contributed by atoms with E-state index in [1.54, 1.807) is 0 Å². The molecule has 1 aliphatic heterocycles. The van der Waals surface area contributed by atoms with Gasteiger partial charge in [-0.15, -0.1) is 0 Å². The van der Waals surface area contributed by atoms with Crippen LogP contribution in [-0.4, -0.2) is 48.6 Å². The van der Waals surface area contributed by atoms with Crippen molar-refractivity contribution in [2.75, 3.05) is 26.3 Å². The number of ether oxygens (including phenoxy) is 1. The van der Waals surface area contributed by atoms with Gasteiger partial charge in [0.05, 0.1) is 12.0 Å². The number of carboxylic acid groups (broad SMARTS) is 1. The SMILES string of the molecule is O=C(O)C1CNCC(OCCCO)C1. The van der Waals surface area contributed by atoms with Crippen molar-refractivity contribution in [3.8, 4) is 0 Å². The number of carbonyl (C=O) groups is 1. The van der Waals surface area contributed by atoms with Crippen LogP contribution in [-0.2, 0) is 9.53 Å². The minimum Gasteiger partial charge on any atom is -0.481 e. The van der Waals surface area contributed by atoms with Crippen molar-refractivity contribution in [1.29, 1.82) is 0 Å². The molecule has 1 aliphatic rings. The van der Waals surface area contributed by atoms with E-state index >= 15 is 0 Å². The number of aliphatic carboxylic acids is 1. The quantitative estimate of drug-likeness (QED) is 0.522. The lowest BCUT2D eigenvalue weighted by Gasteiger charge is -2.27. The number of aliphatic hydroxyl groups excluding tert-OH is 1. The van der Waals surface area contributed by atoms with Crippen LogP contribution in [0.25, 0.3) is 0 Å². The summed E-state index contributed by atoms with van der Waals surface area (Å²) in [6.45, 7) is 1.84. The Bertz CT molecular complexity index is 186. The highest BCUT2D eigenvalue weighted by Gasteiger charge is 2.26. The van der Waals surface area contributed by atoms with Gasteiger partial charge in [-0.05, 0) is 12.8 Å². The molecule has 0 saturated carbocycles. The summed E-state index contributed by atoms with van der Waals surface area (Å²) in [6, 6.07) is 0. The first-order valence-corrected chi connectivity index (χ1v) is 4.90. The van der Waals surface area contributed by atoms with E-state index in [0.717, 1.165) is 0 Å². The lowest BCUT2D eigenvalue weighted by molar-refractivity contribution is -0.144. The highest BCUT2D eigenvalue weighted by molar-refractivity contribution is 5.70. The van der Waals surface area contributed by atoms with Gasteiger partial charge in [-0.25, -0.2) is 0 Å². The van der Waals surface area contributed by atoms with E-state index in [4.69, 9.17) is 14.9 Å². The second kappa shape index (κ2) is 5.95. The summed E-state index contributed by atoms with van der Waals surface area (Å²) in [5.74, 6) is -1.11. The van der Waals surface area contributed by atoms with Crippen molar-refractivity contribution in [2.24, 2.45) is 5.92 Å². The Morgan fingerprint density at radius 2 is 2.29 bits per heavy atom. The molecule has 1 saturated heterocycles. The average molecular weight is 203 g/mol. The van der Waals surface area contributed by atoms with E-state index in [0.29, 0.717) is 32.5 Å². The number of carboxylic acids is 1. The number of piperidine rings is 1. The van der Waals surface area contributed by atoms with Gasteiger partial charge in [0, 0.05) is 26.3 Å². The van der Waals surface area contributed by atoms with Crippen LogP contribution < -0.4 is 5.32 Å². The zero-order valence-corrected chi connectivity index (χ0v) is 8.11. The van der Waals surface area contributed by atoms with Crippen molar-refractivity contribution in [3.05, 3.63) is 0 Å². The molecule has 0 radical (unpaired) electrons. The molecule has 0 aromatic carbocycles. The summed E-state index contributed by atoms with van der Waals surface area (Å²) < 4.78 is 5.42. The third kappa shape index (κ3) is 3.61. The van der Waals surface area contributed by atoms with Crippen molar-refractivity contribution in [1.82, 2.24) is 5.32 Å². The summed E-state index contributed by atoms with van der Waals surface area (Å²) in [7, 11) is 0. The predicted molar refractivity (Wildman–Crippen MR) is 50.1 cm³/mol. The lowest BCUT2D eigenvalue weighted by Crippen LogP contribution is -2.43. The van der Waals surface area contributed by atoms with E-state index in [2.05, 4.69) is 5.32 Å². The molecule has 0 spiro atoms. The maximum Gasteiger partial charge on any atom is 0.307 e. The minimum atomic E-state index is -0.770. The molecule has 1 fully saturated rings. The number of hydrogen-bond donors (Lipinski definition) is 3. The topological polar surface area (TPSA) is 78.8 Å². The molecule has 0 aromatic heterocycles. The van der Waals surface area contributed by atoms with Gasteiger partial charge in [0.25, 0.3) is 0 Å².